The van der Waals surface area contributed by atoms with Crippen molar-refractivity contribution in [1.82, 2.24) is 4.90 Å². The Balaban J connectivity index is 1.03. The van der Waals surface area contributed by atoms with Gasteiger partial charge in [0.1, 0.15) is 24.2 Å². The van der Waals surface area contributed by atoms with Crippen molar-refractivity contribution in [2.45, 2.75) is 45.4 Å². The van der Waals surface area contributed by atoms with E-state index in [2.05, 4.69) is 4.72 Å². The van der Waals surface area contributed by atoms with E-state index in [4.69, 9.17) is 23.7 Å². The normalized spacial score (nSPS) is 17.7. The van der Waals surface area contributed by atoms with Crippen LogP contribution in [0.15, 0.2) is 66.7 Å². The lowest BCUT2D eigenvalue weighted by molar-refractivity contribution is -0.180. The van der Waals surface area contributed by atoms with Crippen molar-refractivity contribution in [3.63, 3.8) is 0 Å². The molecular formula is C31H36N2O8S. The molecule has 0 bridgehead atoms. The maximum absolute atomic E-state index is 12.5. The monoisotopic (exact) mass is 596 g/mol. The van der Waals surface area contributed by atoms with Crippen molar-refractivity contribution in [2.75, 3.05) is 37.3 Å². The third-order valence-corrected chi connectivity index (χ3v) is 7.47. The quantitative estimate of drug-likeness (QED) is 0.290. The third kappa shape index (κ3) is 8.15. The molecule has 0 aromatic heterocycles. The summed E-state index contributed by atoms with van der Waals surface area (Å²) in [7, 11) is -3.33. The van der Waals surface area contributed by atoms with Crippen LogP contribution in [-0.2, 0) is 43.9 Å². The highest BCUT2D eigenvalue weighted by Gasteiger charge is 2.33. The largest absolute Gasteiger partial charge is 0.491 e. The van der Waals surface area contributed by atoms with Gasteiger partial charge in [-0.1, -0.05) is 30.3 Å². The van der Waals surface area contributed by atoms with Crippen LogP contribution in [0, 0.1) is 0 Å². The molecule has 10 nitrogen and oxygen atoms in total. The number of rotatable bonds is 12. The summed E-state index contributed by atoms with van der Waals surface area (Å²) in [6.45, 7) is 6.36. The predicted octanol–water partition coefficient (Wildman–Crippen LogP) is 5.03. The van der Waals surface area contributed by atoms with Crippen molar-refractivity contribution in [3.8, 4) is 11.5 Å². The second-order valence-corrected chi connectivity index (χ2v) is 12.6. The van der Waals surface area contributed by atoms with Crippen molar-refractivity contribution < 1.29 is 36.9 Å². The maximum Gasteiger partial charge on any atom is 0.410 e. The first-order valence-electron chi connectivity index (χ1n) is 13.8. The van der Waals surface area contributed by atoms with E-state index in [1.54, 1.807) is 23.1 Å². The fraction of sp³-hybridized carbons (Fsp3) is 0.387. The summed E-state index contributed by atoms with van der Waals surface area (Å²) in [5.41, 5.74) is 4.32. The Labute approximate surface area is 246 Å². The van der Waals surface area contributed by atoms with Gasteiger partial charge < -0.3 is 28.6 Å². The highest BCUT2D eigenvalue weighted by atomic mass is 32.2. The number of nitrogens with one attached hydrogen (secondary N) is 1. The Bertz CT molecular complexity index is 1510. The third-order valence-electron chi connectivity index (χ3n) is 6.86. The molecule has 0 spiro atoms. The molecule has 2 aliphatic rings. The molecule has 2 aliphatic heterocycles. The second-order valence-electron chi connectivity index (χ2n) is 10.8. The maximum atomic E-state index is 12.5. The molecule has 1 N–H and O–H groups in total. The van der Waals surface area contributed by atoms with Crippen LogP contribution in [0.2, 0.25) is 0 Å². The number of fused-ring (bicyclic) bond motifs is 1. The molecule has 1 fully saturated rings. The molecule has 0 saturated carbocycles. The fourth-order valence-electron chi connectivity index (χ4n) is 4.79. The number of cyclic esters (lactones) is 1. The summed E-state index contributed by atoms with van der Waals surface area (Å²) in [6.07, 6.45) is 1.16. The number of anilines is 1. The molecule has 0 aliphatic carbocycles. The van der Waals surface area contributed by atoms with Crippen LogP contribution in [0.1, 0.15) is 42.2 Å². The van der Waals surface area contributed by atoms with E-state index in [0.717, 1.165) is 40.0 Å². The highest BCUT2D eigenvalue weighted by molar-refractivity contribution is 7.92. The Morgan fingerprint density at radius 3 is 2.62 bits per heavy atom. The van der Waals surface area contributed by atoms with Crippen LogP contribution in [0.25, 0.3) is 0 Å². The topological polar surface area (TPSA) is 113 Å². The van der Waals surface area contributed by atoms with Crippen molar-refractivity contribution in [2.24, 2.45) is 0 Å². The van der Waals surface area contributed by atoms with Crippen LogP contribution in [-0.4, -0.2) is 57.8 Å². The summed E-state index contributed by atoms with van der Waals surface area (Å²) in [4.78, 5) is 14.3. The molecule has 1 saturated heterocycles. The predicted molar refractivity (Wildman–Crippen MR) is 157 cm³/mol. The van der Waals surface area contributed by atoms with Gasteiger partial charge in [0.05, 0.1) is 32.6 Å². The molecule has 2 heterocycles. The molecule has 5 rings (SSSR count). The SMILES string of the molecule is CC1(C)OCc2cc([C@@H]3CN(CCc4ccc(OCCOCc5cccc(NS(C)(=O)=O)c5)cc4)C(=O)O3)ccc2O1. The molecule has 11 heteroatoms. The van der Waals surface area contributed by atoms with E-state index in [0.29, 0.717) is 51.6 Å². The van der Waals surface area contributed by atoms with E-state index >= 15 is 0 Å². The second kappa shape index (κ2) is 12.6. The van der Waals surface area contributed by atoms with E-state index in [1.807, 2.05) is 62.4 Å². The number of hydrogen-bond acceptors (Lipinski definition) is 8. The zero-order valence-electron chi connectivity index (χ0n) is 24.0. The van der Waals surface area contributed by atoms with Crippen LogP contribution in [0.3, 0.4) is 0 Å². The van der Waals surface area contributed by atoms with Gasteiger partial charge in [0.15, 0.2) is 0 Å². The Hall–Kier alpha value is -3.80. The number of hydrogen-bond donors (Lipinski definition) is 1. The Morgan fingerprint density at radius 1 is 1.02 bits per heavy atom. The number of sulfonamides is 1. The first kappa shape index (κ1) is 29.7. The Kier molecular flexibility index (Phi) is 8.91. The van der Waals surface area contributed by atoms with Crippen molar-refractivity contribution >= 4 is 21.8 Å². The minimum Gasteiger partial charge on any atom is -0.491 e. The first-order valence-corrected chi connectivity index (χ1v) is 15.7. The lowest BCUT2D eigenvalue weighted by Gasteiger charge is -2.32. The molecule has 3 aromatic rings. The molecule has 0 radical (unpaired) electrons. The molecule has 224 valence electrons. The van der Waals surface area contributed by atoms with Gasteiger partial charge in [-0.05, 0) is 59.5 Å². The molecule has 42 heavy (non-hydrogen) atoms. The molecule has 1 amide bonds. The lowest BCUT2D eigenvalue weighted by Crippen LogP contribution is -2.35. The van der Waals surface area contributed by atoms with Gasteiger partial charge in [-0.25, -0.2) is 13.2 Å². The zero-order chi connectivity index (χ0) is 29.7. The molecule has 1 atom stereocenters. The Morgan fingerprint density at radius 2 is 1.83 bits per heavy atom. The van der Waals surface area contributed by atoms with Crippen molar-refractivity contribution in [3.05, 3.63) is 89.0 Å². The molecule has 3 aromatic carbocycles. The smallest absolute Gasteiger partial charge is 0.410 e. The van der Waals surface area contributed by atoms with Crippen LogP contribution >= 0.6 is 0 Å². The van der Waals surface area contributed by atoms with Gasteiger partial charge >= 0.3 is 6.09 Å². The van der Waals surface area contributed by atoms with E-state index in [1.165, 1.54) is 0 Å². The average Bonchev–Trinajstić information content (AvgIpc) is 3.31. The summed E-state index contributed by atoms with van der Waals surface area (Å²) >= 11 is 0. The standard InChI is InChI=1S/C31H36N2O8S/c1-31(2)39-21-25-18-24(9-12-28(25)41-31)29-19-33(30(34)40-29)14-13-22-7-10-27(11-8-22)38-16-15-37-20-23-5-4-6-26(17-23)32-42(3,35)36/h4-12,17-18,29,32H,13-16,19-21H2,1-3H3/t29-/m0/s1. The van der Waals surface area contributed by atoms with E-state index in [9.17, 15) is 13.2 Å². The number of ether oxygens (including phenoxy) is 5. The summed E-state index contributed by atoms with van der Waals surface area (Å²) in [6, 6.07) is 20.7. The molecule has 0 unspecified atom stereocenters. The average molecular weight is 597 g/mol. The van der Waals surface area contributed by atoms with Gasteiger partial charge in [-0.2, -0.15) is 0 Å². The fourth-order valence-corrected chi connectivity index (χ4v) is 5.34. The van der Waals surface area contributed by atoms with E-state index in [-0.39, 0.29) is 12.2 Å². The summed E-state index contributed by atoms with van der Waals surface area (Å²) < 4.78 is 54.0. The van der Waals surface area contributed by atoms with Gasteiger partial charge in [0.25, 0.3) is 0 Å². The zero-order valence-corrected chi connectivity index (χ0v) is 24.8. The minimum atomic E-state index is -3.33. The summed E-state index contributed by atoms with van der Waals surface area (Å²) in [5, 5.41) is 0. The first-order chi connectivity index (χ1) is 20.0. The van der Waals surface area contributed by atoms with Crippen LogP contribution in [0.5, 0.6) is 11.5 Å². The van der Waals surface area contributed by atoms with E-state index < -0.39 is 15.8 Å². The molecular weight excluding hydrogens is 560 g/mol. The van der Waals surface area contributed by atoms with Gasteiger partial charge in [-0.3, -0.25) is 4.72 Å². The number of nitrogens with zero attached hydrogens (tertiary/aromatic N) is 1. The van der Waals surface area contributed by atoms with Crippen LogP contribution in [0.4, 0.5) is 10.5 Å². The van der Waals surface area contributed by atoms with Gasteiger partial charge in [0, 0.05) is 31.6 Å². The van der Waals surface area contributed by atoms with Crippen molar-refractivity contribution in [1.29, 1.82) is 0 Å². The lowest BCUT2D eigenvalue weighted by atomic mass is 10.0. The number of carbonyl (C=O) groups is 1. The minimum absolute atomic E-state index is 0.315. The number of carbonyl (C=O) groups excluding carboxylic acids is 1. The highest BCUT2D eigenvalue weighted by Crippen LogP contribution is 2.35. The summed E-state index contributed by atoms with van der Waals surface area (Å²) in [5.74, 6) is 0.871. The number of benzene rings is 3. The van der Waals surface area contributed by atoms with Gasteiger partial charge in [-0.15, -0.1) is 0 Å². The van der Waals surface area contributed by atoms with Gasteiger partial charge in [0.2, 0.25) is 15.8 Å². The number of amides is 1. The van der Waals surface area contributed by atoms with Crippen LogP contribution < -0.4 is 14.2 Å².